The molecule has 5 heteroatoms. The van der Waals surface area contributed by atoms with Gasteiger partial charge in [0, 0.05) is 0 Å². The maximum Gasteiger partial charge on any atom is 0.387 e. The van der Waals surface area contributed by atoms with Crippen LogP contribution < -0.4 is 4.74 Å². The summed E-state index contributed by atoms with van der Waals surface area (Å²) in [6.45, 7) is 0.847. The fraction of sp³-hybridized carbons (Fsp3) is 0.250. The van der Waals surface area contributed by atoms with Gasteiger partial charge in [0.2, 0.25) is 0 Å². The van der Waals surface area contributed by atoms with E-state index in [1.165, 1.54) is 24.3 Å². The summed E-state index contributed by atoms with van der Waals surface area (Å²) < 4.78 is 41.9. The van der Waals surface area contributed by atoms with Gasteiger partial charge in [-0.1, -0.05) is 28.1 Å². The van der Waals surface area contributed by atoms with Gasteiger partial charge in [0.25, 0.3) is 0 Å². The number of alkyl halides is 3. The van der Waals surface area contributed by atoms with Gasteiger partial charge in [0.1, 0.15) is 11.6 Å². The first-order valence-electron chi connectivity index (χ1n) is 6.34. The number of hydrogen-bond donors (Lipinski definition) is 0. The Bertz CT molecular complexity index is 603. The van der Waals surface area contributed by atoms with Crippen molar-refractivity contribution in [1.29, 1.82) is 0 Å². The number of hydrogen-bond acceptors (Lipinski definition) is 1. The Labute approximate surface area is 129 Å². The molecule has 0 fully saturated rings. The van der Waals surface area contributed by atoms with Crippen LogP contribution in [-0.4, -0.2) is 6.61 Å². The van der Waals surface area contributed by atoms with Crippen molar-refractivity contribution in [1.82, 2.24) is 0 Å². The van der Waals surface area contributed by atoms with Crippen LogP contribution in [0.25, 0.3) is 0 Å². The zero-order valence-corrected chi connectivity index (χ0v) is 13.1. The molecule has 2 aromatic rings. The molecule has 1 nitrogen and oxygen atoms in total. The molecule has 0 saturated carbocycles. The molecule has 0 spiro atoms. The molecule has 0 aliphatic carbocycles. The zero-order valence-electron chi connectivity index (χ0n) is 11.5. The summed E-state index contributed by atoms with van der Waals surface area (Å²) in [5.74, 6) is -0.157. The van der Waals surface area contributed by atoms with Gasteiger partial charge in [-0.3, -0.25) is 0 Å². The van der Waals surface area contributed by atoms with E-state index in [-0.39, 0.29) is 16.4 Å². The highest BCUT2D eigenvalue weighted by Crippen LogP contribution is 2.36. The number of ether oxygens (including phenoxy) is 1. The molecule has 21 heavy (non-hydrogen) atoms. The minimum absolute atomic E-state index is 0.112. The van der Waals surface area contributed by atoms with E-state index in [0.29, 0.717) is 0 Å². The van der Waals surface area contributed by atoms with Crippen LogP contribution in [0.4, 0.5) is 13.2 Å². The van der Waals surface area contributed by atoms with E-state index in [4.69, 9.17) is 0 Å². The van der Waals surface area contributed by atoms with Crippen molar-refractivity contribution in [3.05, 3.63) is 64.5 Å². The Morgan fingerprint density at radius 1 is 1.00 bits per heavy atom. The third kappa shape index (κ3) is 3.79. The van der Waals surface area contributed by atoms with Crippen molar-refractivity contribution >= 4 is 15.9 Å². The molecule has 0 aromatic heterocycles. The highest BCUT2D eigenvalue weighted by atomic mass is 79.9. The molecule has 1 atom stereocenters. The lowest BCUT2D eigenvalue weighted by Gasteiger charge is -2.17. The van der Waals surface area contributed by atoms with E-state index in [9.17, 15) is 13.2 Å². The van der Waals surface area contributed by atoms with Crippen molar-refractivity contribution in [3.63, 3.8) is 0 Å². The summed E-state index contributed by atoms with van der Waals surface area (Å²) in [7, 11) is 0. The van der Waals surface area contributed by atoms with Gasteiger partial charge in [-0.25, -0.2) is 4.39 Å². The molecule has 0 aliphatic heterocycles. The maximum absolute atomic E-state index is 13.3. The van der Waals surface area contributed by atoms with E-state index < -0.39 is 6.61 Å². The summed E-state index contributed by atoms with van der Waals surface area (Å²) in [6.07, 6.45) is 0. The molecule has 0 bridgehead atoms. The molecule has 2 rings (SSSR count). The van der Waals surface area contributed by atoms with Gasteiger partial charge in [-0.05, 0) is 60.4 Å². The molecule has 112 valence electrons. The quantitative estimate of drug-likeness (QED) is 0.653. The summed E-state index contributed by atoms with van der Waals surface area (Å²) in [4.78, 5) is -0.140. The topological polar surface area (TPSA) is 9.23 Å². The molecule has 1 unspecified atom stereocenters. The summed E-state index contributed by atoms with van der Waals surface area (Å²) >= 11 is 3.58. The van der Waals surface area contributed by atoms with Crippen LogP contribution in [0.15, 0.2) is 36.4 Å². The van der Waals surface area contributed by atoms with Crippen LogP contribution >= 0.6 is 15.9 Å². The number of halogens is 4. The lowest BCUT2D eigenvalue weighted by Crippen LogP contribution is -2.03. The number of aryl methyl sites for hydroxylation is 2. The standard InChI is InChI=1S/C16H14BrF3O/c1-9-7-12(18)8-10(2)14(9)15(17)11-3-5-13(6-4-11)21-16(19)20/h3-8,15-16H,1-2H3. The summed E-state index contributed by atoms with van der Waals surface area (Å²) in [5.41, 5.74) is 3.53. The largest absolute Gasteiger partial charge is 0.435 e. The van der Waals surface area contributed by atoms with E-state index >= 15 is 0 Å². The van der Waals surface area contributed by atoms with Crippen LogP contribution in [0, 0.1) is 19.7 Å². The third-order valence-electron chi connectivity index (χ3n) is 3.21. The predicted molar refractivity (Wildman–Crippen MR) is 79.7 cm³/mol. The Morgan fingerprint density at radius 3 is 2.00 bits per heavy atom. The lowest BCUT2D eigenvalue weighted by atomic mass is 9.96. The molecule has 2 aromatic carbocycles. The third-order valence-corrected chi connectivity index (χ3v) is 4.20. The van der Waals surface area contributed by atoms with Crippen molar-refractivity contribution in [2.24, 2.45) is 0 Å². The Hall–Kier alpha value is -1.49. The van der Waals surface area contributed by atoms with Crippen molar-refractivity contribution in [3.8, 4) is 5.75 Å². The van der Waals surface area contributed by atoms with Gasteiger partial charge in [0.05, 0.1) is 4.83 Å². The fourth-order valence-corrected chi connectivity index (χ4v) is 3.33. The second-order valence-corrected chi connectivity index (χ2v) is 5.68. The van der Waals surface area contributed by atoms with Crippen LogP contribution in [-0.2, 0) is 0 Å². The van der Waals surface area contributed by atoms with E-state index in [2.05, 4.69) is 20.7 Å². The highest BCUT2D eigenvalue weighted by Gasteiger charge is 2.16. The molecule has 0 heterocycles. The molecular formula is C16H14BrF3O. The average Bonchev–Trinajstić information content (AvgIpc) is 2.37. The number of rotatable bonds is 4. The first-order chi connectivity index (χ1) is 9.88. The van der Waals surface area contributed by atoms with E-state index in [1.54, 1.807) is 12.1 Å². The van der Waals surface area contributed by atoms with Crippen LogP contribution in [0.2, 0.25) is 0 Å². The Morgan fingerprint density at radius 2 is 1.52 bits per heavy atom. The van der Waals surface area contributed by atoms with Crippen molar-refractivity contribution in [2.75, 3.05) is 0 Å². The van der Waals surface area contributed by atoms with Crippen LogP contribution in [0.1, 0.15) is 27.1 Å². The van der Waals surface area contributed by atoms with E-state index in [0.717, 1.165) is 22.3 Å². The molecule has 0 amide bonds. The van der Waals surface area contributed by atoms with E-state index in [1.807, 2.05) is 13.8 Å². The molecular weight excluding hydrogens is 345 g/mol. The molecule has 0 saturated heterocycles. The second-order valence-electron chi connectivity index (χ2n) is 4.76. The molecule has 0 N–H and O–H groups in total. The number of benzene rings is 2. The summed E-state index contributed by atoms with van der Waals surface area (Å²) in [5, 5.41) is 0. The zero-order chi connectivity index (χ0) is 15.6. The molecule has 0 radical (unpaired) electrons. The highest BCUT2D eigenvalue weighted by molar-refractivity contribution is 9.09. The van der Waals surface area contributed by atoms with Crippen molar-refractivity contribution in [2.45, 2.75) is 25.3 Å². The SMILES string of the molecule is Cc1cc(F)cc(C)c1C(Br)c1ccc(OC(F)F)cc1. The average molecular weight is 359 g/mol. The van der Waals surface area contributed by atoms with Gasteiger partial charge in [-0.2, -0.15) is 8.78 Å². The smallest absolute Gasteiger partial charge is 0.387 e. The fourth-order valence-electron chi connectivity index (χ4n) is 2.31. The van der Waals surface area contributed by atoms with Gasteiger partial charge >= 0.3 is 6.61 Å². The first kappa shape index (κ1) is 15.9. The van der Waals surface area contributed by atoms with Gasteiger partial charge in [-0.15, -0.1) is 0 Å². The Kier molecular flexibility index (Phi) is 4.93. The normalized spacial score (nSPS) is 12.5. The monoisotopic (exact) mass is 358 g/mol. The predicted octanol–water partition coefficient (Wildman–Crippen LogP) is 5.53. The van der Waals surface area contributed by atoms with Gasteiger partial charge in [0.15, 0.2) is 0 Å². The van der Waals surface area contributed by atoms with Gasteiger partial charge < -0.3 is 4.74 Å². The minimum Gasteiger partial charge on any atom is -0.435 e. The van der Waals surface area contributed by atoms with Crippen LogP contribution in [0.3, 0.4) is 0 Å². The summed E-state index contributed by atoms with van der Waals surface area (Å²) in [6, 6.07) is 9.35. The maximum atomic E-state index is 13.3. The minimum atomic E-state index is -2.84. The second kappa shape index (κ2) is 6.52. The first-order valence-corrected chi connectivity index (χ1v) is 7.25. The lowest BCUT2D eigenvalue weighted by molar-refractivity contribution is -0.0498. The van der Waals surface area contributed by atoms with Crippen LogP contribution in [0.5, 0.6) is 5.75 Å². The van der Waals surface area contributed by atoms with Crippen molar-refractivity contribution < 1.29 is 17.9 Å². The Balaban J connectivity index is 2.30. The molecule has 0 aliphatic rings.